The van der Waals surface area contributed by atoms with Crippen molar-refractivity contribution >= 4 is 5.69 Å². The van der Waals surface area contributed by atoms with Crippen LogP contribution in [0.5, 0.6) is 0 Å². The van der Waals surface area contributed by atoms with Crippen molar-refractivity contribution in [1.82, 2.24) is 4.98 Å². The van der Waals surface area contributed by atoms with Crippen molar-refractivity contribution in [2.75, 3.05) is 5.32 Å². The Morgan fingerprint density at radius 3 is 2.59 bits per heavy atom. The highest BCUT2D eigenvalue weighted by Gasteiger charge is 2.09. The summed E-state index contributed by atoms with van der Waals surface area (Å²) in [5.41, 5.74) is 2.52. The second-order valence-corrected chi connectivity index (χ2v) is 4.08. The second kappa shape index (κ2) is 4.95. The molecule has 1 N–H and O–H groups in total. The molecule has 0 saturated heterocycles. The van der Waals surface area contributed by atoms with E-state index in [0.717, 1.165) is 11.4 Å². The Hall–Kier alpha value is -1.90. The zero-order valence-corrected chi connectivity index (χ0v) is 9.94. The first-order chi connectivity index (χ1) is 8.16. The highest BCUT2D eigenvalue weighted by molar-refractivity contribution is 5.43. The summed E-state index contributed by atoms with van der Waals surface area (Å²) in [5.74, 6) is -0.187. The van der Waals surface area contributed by atoms with Gasteiger partial charge in [-0.05, 0) is 32.0 Å². The Morgan fingerprint density at radius 2 is 1.94 bits per heavy atom. The first-order valence-corrected chi connectivity index (χ1v) is 5.60. The van der Waals surface area contributed by atoms with Crippen LogP contribution in [-0.4, -0.2) is 4.98 Å². The molecule has 0 bridgehead atoms. The molecule has 3 heteroatoms. The number of hydrogen-bond acceptors (Lipinski definition) is 2. The lowest BCUT2D eigenvalue weighted by Gasteiger charge is -2.16. The Balaban J connectivity index is 2.14. The summed E-state index contributed by atoms with van der Waals surface area (Å²) >= 11 is 0. The van der Waals surface area contributed by atoms with Gasteiger partial charge in [-0.1, -0.05) is 18.2 Å². The molecule has 2 nitrogen and oxygen atoms in total. The fourth-order valence-electron chi connectivity index (χ4n) is 1.71. The van der Waals surface area contributed by atoms with Gasteiger partial charge in [-0.25, -0.2) is 4.39 Å². The summed E-state index contributed by atoms with van der Waals surface area (Å²) < 4.78 is 13.6. The van der Waals surface area contributed by atoms with Crippen LogP contribution in [0.3, 0.4) is 0 Å². The molecule has 2 aromatic rings. The van der Waals surface area contributed by atoms with Crippen molar-refractivity contribution in [3.8, 4) is 0 Å². The standard InChI is InChI=1S/C14H15FN2/c1-10-7-8-12(9-16-10)17-11(2)13-5-3-4-6-14(13)15/h3-9,11,17H,1-2H3. The van der Waals surface area contributed by atoms with Gasteiger partial charge >= 0.3 is 0 Å². The number of rotatable bonds is 3. The second-order valence-electron chi connectivity index (χ2n) is 4.08. The summed E-state index contributed by atoms with van der Waals surface area (Å²) in [6.07, 6.45) is 1.76. The molecule has 0 aliphatic carbocycles. The number of benzene rings is 1. The Morgan fingerprint density at radius 1 is 1.18 bits per heavy atom. The van der Waals surface area contributed by atoms with E-state index in [4.69, 9.17) is 0 Å². The van der Waals surface area contributed by atoms with Crippen molar-refractivity contribution in [2.45, 2.75) is 19.9 Å². The monoisotopic (exact) mass is 230 g/mol. The average Bonchev–Trinajstić information content (AvgIpc) is 2.32. The molecule has 0 aliphatic rings. The first-order valence-electron chi connectivity index (χ1n) is 5.60. The van der Waals surface area contributed by atoms with E-state index < -0.39 is 0 Å². The van der Waals surface area contributed by atoms with Crippen LogP contribution in [0.25, 0.3) is 0 Å². The fraction of sp³-hybridized carbons (Fsp3) is 0.214. The molecule has 0 aliphatic heterocycles. The first kappa shape index (κ1) is 11.6. The van der Waals surface area contributed by atoms with Gasteiger partial charge < -0.3 is 5.32 Å². The minimum Gasteiger partial charge on any atom is -0.377 e. The van der Waals surface area contributed by atoms with Crippen molar-refractivity contribution in [3.05, 3.63) is 59.7 Å². The van der Waals surface area contributed by atoms with Crippen LogP contribution in [0, 0.1) is 12.7 Å². The van der Waals surface area contributed by atoms with Crippen LogP contribution in [0.1, 0.15) is 24.2 Å². The maximum Gasteiger partial charge on any atom is 0.128 e. The predicted molar refractivity (Wildman–Crippen MR) is 67.4 cm³/mol. The molecule has 0 spiro atoms. The van der Waals surface area contributed by atoms with Gasteiger partial charge in [0, 0.05) is 11.3 Å². The Bertz CT molecular complexity index is 494. The Kier molecular flexibility index (Phi) is 3.38. The third-order valence-electron chi connectivity index (χ3n) is 2.67. The van der Waals surface area contributed by atoms with Crippen LogP contribution >= 0.6 is 0 Å². The minimum atomic E-state index is -0.187. The molecule has 0 amide bonds. The van der Waals surface area contributed by atoms with Crippen LogP contribution in [-0.2, 0) is 0 Å². The number of pyridine rings is 1. The molecule has 1 unspecified atom stereocenters. The Labute approximate surface area is 101 Å². The fourth-order valence-corrected chi connectivity index (χ4v) is 1.71. The van der Waals surface area contributed by atoms with E-state index in [-0.39, 0.29) is 11.9 Å². The maximum atomic E-state index is 13.6. The lowest BCUT2D eigenvalue weighted by atomic mass is 10.1. The summed E-state index contributed by atoms with van der Waals surface area (Å²) in [7, 11) is 0. The zero-order valence-electron chi connectivity index (χ0n) is 9.94. The number of nitrogens with one attached hydrogen (secondary N) is 1. The van der Waals surface area contributed by atoms with Crippen LogP contribution in [0.2, 0.25) is 0 Å². The van der Waals surface area contributed by atoms with E-state index in [9.17, 15) is 4.39 Å². The molecule has 0 fully saturated rings. The average molecular weight is 230 g/mol. The van der Waals surface area contributed by atoms with Gasteiger partial charge in [-0.2, -0.15) is 0 Å². The summed E-state index contributed by atoms with van der Waals surface area (Å²) in [6, 6.07) is 10.6. The molecule has 2 rings (SSSR count). The molecule has 88 valence electrons. The minimum absolute atomic E-state index is 0.0827. The zero-order chi connectivity index (χ0) is 12.3. The SMILES string of the molecule is Cc1ccc(NC(C)c2ccccc2F)cn1. The van der Waals surface area contributed by atoms with E-state index in [0.29, 0.717) is 5.56 Å². The number of aromatic nitrogens is 1. The third kappa shape index (κ3) is 2.81. The maximum absolute atomic E-state index is 13.6. The largest absolute Gasteiger partial charge is 0.377 e. The number of anilines is 1. The van der Waals surface area contributed by atoms with Crippen LogP contribution in [0.4, 0.5) is 10.1 Å². The summed E-state index contributed by atoms with van der Waals surface area (Å²) in [4.78, 5) is 4.19. The van der Waals surface area contributed by atoms with Gasteiger partial charge in [0.15, 0.2) is 0 Å². The number of aryl methyl sites for hydroxylation is 1. The molecule has 1 heterocycles. The molecular weight excluding hydrogens is 215 g/mol. The van der Waals surface area contributed by atoms with Gasteiger partial charge in [-0.15, -0.1) is 0 Å². The van der Waals surface area contributed by atoms with Crippen molar-refractivity contribution in [2.24, 2.45) is 0 Å². The quantitative estimate of drug-likeness (QED) is 0.869. The molecule has 1 atom stereocenters. The van der Waals surface area contributed by atoms with Crippen molar-refractivity contribution in [3.63, 3.8) is 0 Å². The van der Waals surface area contributed by atoms with Crippen molar-refractivity contribution < 1.29 is 4.39 Å². The van der Waals surface area contributed by atoms with E-state index in [2.05, 4.69) is 10.3 Å². The van der Waals surface area contributed by atoms with E-state index >= 15 is 0 Å². The van der Waals surface area contributed by atoms with Gasteiger partial charge in [0.25, 0.3) is 0 Å². The number of nitrogens with zero attached hydrogens (tertiary/aromatic N) is 1. The van der Waals surface area contributed by atoms with Crippen molar-refractivity contribution in [1.29, 1.82) is 0 Å². The van der Waals surface area contributed by atoms with Gasteiger partial charge in [-0.3, -0.25) is 4.98 Å². The summed E-state index contributed by atoms with van der Waals surface area (Å²) in [6.45, 7) is 3.86. The molecular formula is C14H15FN2. The lowest BCUT2D eigenvalue weighted by Crippen LogP contribution is -2.08. The normalized spacial score (nSPS) is 12.2. The van der Waals surface area contributed by atoms with Gasteiger partial charge in [0.05, 0.1) is 17.9 Å². The number of hydrogen-bond donors (Lipinski definition) is 1. The molecule has 0 radical (unpaired) electrons. The highest BCUT2D eigenvalue weighted by Crippen LogP contribution is 2.20. The molecule has 17 heavy (non-hydrogen) atoms. The van der Waals surface area contributed by atoms with Gasteiger partial charge in [0.1, 0.15) is 5.82 Å². The molecule has 0 saturated carbocycles. The van der Waals surface area contributed by atoms with E-state index in [1.54, 1.807) is 18.3 Å². The highest BCUT2D eigenvalue weighted by atomic mass is 19.1. The van der Waals surface area contributed by atoms with E-state index in [1.165, 1.54) is 6.07 Å². The number of halogens is 1. The predicted octanol–water partition coefficient (Wildman–Crippen LogP) is 3.70. The van der Waals surface area contributed by atoms with Crippen LogP contribution in [0.15, 0.2) is 42.6 Å². The third-order valence-corrected chi connectivity index (χ3v) is 2.67. The van der Waals surface area contributed by atoms with Gasteiger partial charge in [0.2, 0.25) is 0 Å². The summed E-state index contributed by atoms with van der Waals surface area (Å²) in [5, 5.41) is 3.22. The molecule has 1 aromatic heterocycles. The lowest BCUT2D eigenvalue weighted by molar-refractivity contribution is 0.600. The molecule has 1 aromatic carbocycles. The topological polar surface area (TPSA) is 24.9 Å². The smallest absolute Gasteiger partial charge is 0.128 e. The van der Waals surface area contributed by atoms with E-state index in [1.807, 2.05) is 32.0 Å². The van der Waals surface area contributed by atoms with Crippen LogP contribution < -0.4 is 5.32 Å².